The average molecular weight is 303 g/mol. The molecular formula is C10H7F6NO3. The molecule has 0 aliphatic rings. The van der Waals surface area contributed by atoms with Gasteiger partial charge < -0.3 is 9.67 Å². The minimum absolute atomic E-state index is 0.0785. The van der Waals surface area contributed by atoms with Crippen molar-refractivity contribution in [2.45, 2.75) is 18.9 Å². The Morgan fingerprint density at radius 2 is 1.75 bits per heavy atom. The van der Waals surface area contributed by atoms with Gasteiger partial charge in [-0.3, -0.25) is 9.59 Å². The highest BCUT2D eigenvalue weighted by Crippen LogP contribution is 2.30. The molecule has 1 rings (SSSR count). The Hall–Kier alpha value is -2.00. The maximum Gasteiger partial charge on any atom is 0.417 e. The van der Waals surface area contributed by atoms with Crippen LogP contribution >= 0.6 is 0 Å². The van der Waals surface area contributed by atoms with Crippen LogP contribution in [-0.4, -0.2) is 21.8 Å². The fourth-order valence-electron chi connectivity index (χ4n) is 1.36. The maximum atomic E-state index is 12.4. The quantitative estimate of drug-likeness (QED) is 0.870. The zero-order chi connectivity index (χ0) is 15.7. The SMILES string of the molecule is O=C(O)C(Cn1cc(C(F)(F)F)ccc1=O)C(F)(F)F. The molecule has 0 bridgehead atoms. The number of carboxylic acids is 1. The van der Waals surface area contributed by atoms with Gasteiger partial charge in [0.15, 0.2) is 5.92 Å². The molecule has 10 heteroatoms. The number of carboxylic acid groups (broad SMARTS) is 1. The first-order chi connectivity index (χ1) is 8.93. The number of hydrogen-bond acceptors (Lipinski definition) is 2. The van der Waals surface area contributed by atoms with Gasteiger partial charge in [-0.2, -0.15) is 26.3 Å². The Morgan fingerprint density at radius 3 is 2.15 bits per heavy atom. The normalized spacial score (nSPS) is 14.1. The zero-order valence-electron chi connectivity index (χ0n) is 9.50. The number of aromatic nitrogens is 1. The first-order valence-corrected chi connectivity index (χ1v) is 5.00. The van der Waals surface area contributed by atoms with Crippen LogP contribution in [0.4, 0.5) is 26.3 Å². The molecule has 4 nitrogen and oxygen atoms in total. The highest BCUT2D eigenvalue weighted by molar-refractivity contribution is 5.70. The maximum absolute atomic E-state index is 12.4. The van der Waals surface area contributed by atoms with Gasteiger partial charge in [-0.15, -0.1) is 0 Å². The minimum Gasteiger partial charge on any atom is -0.481 e. The van der Waals surface area contributed by atoms with Crippen LogP contribution in [0.1, 0.15) is 5.56 Å². The third-order valence-corrected chi connectivity index (χ3v) is 2.38. The number of nitrogens with zero attached hydrogens (tertiary/aromatic N) is 1. The van der Waals surface area contributed by atoms with Gasteiger partial charge in [0.1, 0.15) is 0 Å². The van der Waals surface area contributed by atoms with Crippen LogP contribution in [-0.2, 0) is 17.5 Å². The third-order valence-electron chi connectivity index (χ3n) is 2.38. The van der Waals surface area contributed by atoms with E-state index >= 15 is 0 Å². The average Bonchev–Trinajstić information content (AvgIpc) is 2.23. The molecule has 0 aliphatic carbocycles. The van der Waals surface area contributed by atoms with Crippen LogP contribution in [0.3, 0.4) is 0 Å². The second-order valence-electron chi connectivity index (χ2n) is 3.84. The van der Waals surface area contributed by atoms with Gasteiger partial charge in [-0.25, -0.2) is 0 Å². The molecule has 1 atom stereocenters. The van der Waals surface area contributed by atoms with E-state index in [4.69, 9.17) is 5.11 Å². The molecule has 1 heterocycles. The van der Waals surface area contributed by atoms with Crippen molar-refractivity contribution in [1.82, 2.24) is 4.57 Å². The van der Waals surface area contributed by atoms with Gasteiger partial charge in [0.05, 0.1) is 5.56 Å². The standard InChI is InChI=1S/C10H7F6NO3/c11-9(12,13)5-1-2-7(18)17(3-5)4-6(8(19)20)10(14,15)16/h1-3,6H,4H2,(H,19,20). The van der Waals surface area contributed by atoms with E-state index in [-0.39, 0.29) is 10.8 Å². The Balaban J connectivity index is 3.20. The van der Waals surface area contributed by atoms with Gasteiger partial charge in [0, 0.05) is 18.8 Å². The van der Waals surface area contributed by atoms with Crippen LogP contribution in [0, 0.1) is 5.92 Å². The molecule has 1 aromatic rings. The van der Waals surface area contributed by atoms with Crippen molar-refractivity contribution in [2.24, 2.45) is 5.92 Å². The Kier molecular flexibility index (Phi) is 4.15. The highest BCUT2D eigenvalue weighted by Gasteiger charge is 2.45. The van der Waals surface area contributed by atoms with Crippen molar-refractivity contribution < 1.29 is 36.2 Å². The monoisotopic (exact) mass is 303 g/mol. The number of halogens is 6. The molecule has 1 unspecified atom stereocenters. The summed E-state index contributed by atoms with van der Waals surface area (Å²) in [5.74, 6) is -5.24. The lowest BCUT2D eigenvalue weighted by Crippen LogP contribution is -2.37. The van der Waals surface area contributed by atoms with Crippen LogP contribution in [0.2, 0.25) is 0 Å². The van der Waals surface area contributed by atoms with Crippen molar-refractivity contribution in [1.29, 1.82) is 0 Å². The van der Waals surface area contributed by atoms with E-state index < -0.39 is 41.9 Å². The fraction of sp³-hybridized carbons (Fsp3) is 0.400. The summed E-state index contributed by atoms with van der Waals surface area (Å²) in [6.07, 6.45) is -9.88. The van der Waals surface area contributed by atoms with Crippen molar-refractivity contribution in [3.05, 3.63) is 34.2 Å². The van der Waals surface area contributed by atoms with Gasteiger partial charge in [-0.1, -0.05) is 0 Å². The van der Waals surface area contributed by atoms with Crippen molar-refractivity contribution >= 4 is 5.97 Å². The number of hydrogen-bond donors (Lipinski definition) is 1. The molecule has 20 heavy (non-hydrogen) atoms. The number of rotatable bonds is 3. The molecule has 0 fully saturated rings. The first-order valence-electron chi connectivity index (χ1n) is 5.00. The van der Waals surface area contributed by atoms with Crippen LogP contribution < -0.4 is 5.56 Å². The molecule has 0 amide bonds. The van der Waals surface area contributed by atoms with E-state index in [0.29, 0.717) is 12.1 Å². The molecule has 0 spiro atoms. The second kappa shape index (κ2) is 5.17. The summed E-state index contributed by atoms with van der Waals surface area (Å²) in [5.41, 5.74) is -2.50. The van der Waals surface area contributed by atoms with E-state index in [9.17, 15) is 35.9 Å². The summed E-state index contributed by atoms with van der Waals surface area (Å²) in [7, 11) is 0. The Morgan fingerprint density at radius 1 is 1.20 bits per heavy atom. The summed E-state index contributed by atoms with van der Waals surface area (Å²) < 4.78 is 74.4. The Bertz CT molecular complexity index is 559. The minimum atomic E-state index is -5.18. The van der Waals surface area contributed by atoms with E-state index in [0.717, 1.165) is 0 Å². The third kappa shape index (κ3) is 3.75. The molecule has 0 radical (unpaired) electrons. The van der Waals surface area contributed by atoms with Crippen molar-refractivity contribution in [2.75, 3.05) is 0 Å². The summed E-state index contributed by atoms with van der Waals surface area (Å²) in [6.45, 7) is -1.43. The summed E-state index contributed by atoms with van der Waals surface area (Å²) in [6, 6.07) is 0.834. The summed E-state index contributed by atoms with van der Waals surface area (Å²) in [4.78, 5) is 21.7. The van der Waals surface area contributed by atoms with E-state index in [1.807, 2.05) is 0 Å². The number of carbonyl (C=O) groups is 1. The molecular weight excluding hydrogens is 296 g/mol. The number of aliphatic carboxylic acids is 1. The highest BCUT2D eigenvalue weighted by atomic mass is 19.4. The molecule has 1 N–H and O–H groups in total. The predicted octanol–water partition coefficient (Wildman–Crippen LogP) is 2.13. The largest absolute Gasteiger partial charge is 0.481 e. The summed E-state index contributed by atoms with van der Waals surface area (Å²) in [5, 5.41) is 8.43. The first kappa shape index (κ1) is 16.1. The van der Waals surface area contributed by atoms with Gasteiger partial charge in [0.2, 0.25) is 0 Å². The lowest BCUT2D eigenvalue weighted by Gasteiger charge is -2.18. The van der Waals surface area contributed by atoms with Crippen LogP contribution in [0.25, 0.3) is 0 Å². The molecule has 1 aromatic heterocycles. The molecule has 0 aromatic carbocycles. The molecule has 0 saturated carbocycles. The smallest absolute Gasteiger partial charge is 0.417 e. The molecule has 112 valence electrons. The van der Waals surface area contributed by atoms with E-state index in [2.05, 4.69) is 0 Å². The number of pyridine rings is 1. The predicted molar refractivity (Wildman–Crippen MR) is 52.9 cm³/mol. The van der Waals surface area contributed by atoms with Crippen molar-refractivity contribution in [3.8, 4) is 0 Å². The zero-order valence-corrected chi connectivity index (χ0v) is 9.50. The van der Waals surface area contributed by atoms with Crippen LogP contribution in [0.15, 0.2) is 23.1 Å². The van der Waals surface area contributed by atoms with Gasteiger partial charge >= 0.3 is 18.3 Å². The molecule has 0 saturated heterocycles. The van der Waals surface area contributed by atoms with Gasteiger partial charge in [0.25, 0.3) is 5.56 Å². The second-order valence-corrected chi connectivity index (χ2v) is 3.84. The lowest BCUT2D eigenvalue weighted by atomic mass is 10.1. The van der Waals surface area contributed by atoms with E-state index in [1.165, 1.54) is 0 Å². The number of alkyl halides is 6. The Labute approximate surface area is 107 Å². The topological polar surface area (TPSA) is 59.3 Å². The summed E-state index contributed by atoms with van der Waals surface area (Å²) >= 11 is 0. The molecule has 0 aliphatic heterocycles. The van der Waals surface area contributed by atoms with Crippen molar-refractivity contribution in [3.63, 3.8) is 0 Å². The van der Waals surface area contributed by atoms with E-state index in [1.54, 1.807) is 0 Å². The van der Waals surface area contributed by atoms with Crippen LogP contribution in [0.5, 0.6) is 0 Å². The fourth-order valence-corrected chi connectivity index (χ4v) is 1.36. The lowest BCUT2D eigenvalue weighted by molar-refractivity contribution is -0.196. The van der Waals surface area contributed by atoms with Gasteiger partial charge in [-0.05, 0) is 6.07 Å².